The third-order valence-corrected chi connectivity index (χ3v) is 7.76. The molecule has 1 atom stereocenters. The minimum absolute atomic E-state index is 0.00872. The van der Waals surface area contributed by atoms with Gasteiger partial charge in [0.15, 0.2) is 11.3 Å². The fraction of sp³-hybridized carbons (Fsp3) is 0.167. The van der Waals surface area contributed by atoms with Crippen molar-refractivity contribution in [3.63, 3.8) is 0 Å². The van der Waals surface area contributed by atoms with Crippen LogP contribution in [0.5, 0.6) is 11.5 Å². The van der Waals surface area contributed by atoms with Gasteiger partial charge in [0.2, 0.25) is 5.69 Å². The van der Waals surface area contributed by atoms with E-state index in [1.165, 1.54) is 48.8 Å². The summed E-state index contributed by atoms with van der Waals surface area (Å²) in [4.78, 5) is 3.87. The predicted octanol–water partition coefficient (Wildman–Crippen LogP) is 5.17. The molecule has 0 amide bonds. The van der Waals surface area contributed by atoms with E-state index in [0.29, 0.717) is 16.7 Å². The Kier molecular flexibility index (Phi) is 6.42. The first kappa shape index (κ1) is 24.8. The second-order valence-electron chi connectivity index (χ2n) is 8.01. The first-order chi connectivity index (χ1) is 17.6. The van der Waals surface area contributed by atoms with E-state index in [1.54, 1.807) is 11.4 Å². The molecule has 13 heteroatoms. The van der Waals surface area contributed by atoms with Crippen LogP contribution in [-0.4, -0.2) is 20.0 Å². The van der Waals surface area contributed by atoms with E-state index < -0.39 is 27.9 Å². The Morgan fingerprint density at radius 2 is 2.00 bits per heavy atom. The van der Waals surface area contributed by atoms with E-state index in [1.807, 2.05) is 0 Å². The highest BCUT2D eigenvalue weighted by Crippen LogP contribution is 2.41. The maximum Gasteiger partial charge on any atom is 0.416 e. The van der Waals surface area contributed by atoms with Crippen molar-refractivity contribution in [2.45, 2.75) is 23.6 Å². The average molecular weight is 550 g/mol. The molecule has 0 aliphatic carbocycles. The summed E-state index contributed by atoms with van der Waals surface area (Å²) in [6.45, 7) is 0.184. The summed E-state index contributed by atoms with van der Waals surface area (Å²) in [5.74, 6) is 0.342. The summed E-state index contributed by atoms with van der Waals surface area (Å²) in [6, 6.07) is 11.6. The lowest BCUT2D eigenvalue weighted by molar-refractivity contribution is -0.593. The average Bonchev–Trinajstić information content (AvgIpc) is 3.36. The first-order valence-corrected chi connectivity index (χ1v) is 13.2. The first-order valence-electron chi connectivity index (χ1n) is 10.9. The van der Waals surface area contributed by atoms with Crippen LogP contribution in [-0.2, 0) is 16.2 Å². The van der Waals surface area contributed by atoms with Gasteiger partial charge in [-0.25, -0.2) is 13.4 Å². The van der Waals surface area contributed by atoms with Crippen LogP contribution in [0.2, 0.25) is 0 Å². The van der Waals surface area contributed by atoms with Gasteiger partial charge in [-0.15, -0.1) is 11.3 Å². The normalized spacial score (nSPS) is 15.5. The van der Waals surface area contributed by atoms with Crippen molar-refractivity contribution in [1.29, 1.82) is 0 Å². The van der Waals surface area contributed by atoms with Crippen LogP contribution in [0.15, 0.2) is 77.3 Å². The number of nitrogens with zero attached hydrogens (tertiary/aromatic N) is 2. The standard InChI is InChI=1S/C24H18F3N3O5S2/c25-24(26,27)15-4-7-20(18(13-15)19-3-1-2-10-30(19)31)35-21-8-11-34-22-14-16(5-6-17(21)22)37(32,33)29-23-28-9-12-36-23/h1-7,9-10,12-14,21H,8,11H2,(H,28,29). The van der Waals surface area contributed by atoms with Crippen molar-refractivity contribution < 1.29 is 35.8 Å². The number of benzene rings is 2. The minimum atomic E-state index is -4.62. The van der Waals surface area contributed by atoms with Crippen molar-refractivity contribution in [3.8, 4) is 22.8 Å². The van der Waals surface area contributed by atoms with E-state index >= 15 is 0 Å². The zero-order chi connectivity index (χ0) is 26.2. The van der Waals surface area contributed by atoms with Crippen LogP contribution >= 0.6 is 11.3 Å². The number of fused-ring (bicyclic) bond motifs is 1. The molecule has 4 aromatic rings. The lowest BCUT2D eigenvalue weighted by Gasteiger charge is -2.28. The van der Waals surface area contributed by atoms with Crippen molar-refractivity contribution in [3.05, 3.63) is 88.7 Å². The van der Waals surface area contributed by atoms with Gasteiger partial charge in [0.25, 0.3) is 10.0 Å². The van der Waals surface area contributed by atoms with Gasteiger partial charge < -0.3 is 14.7 Å². The van der Waals surface area contributed by atoms with Gasteiger partial charge in [-0.3, -0.25) is 4.72 Å². The molecule has 1 unspecified atom stereocenters. The van der Waals surface area contributed by atoms with E-state index in [9.17, 15) is 26.8 Å². The Morgan fingerprint density at radius 3 is 2.73 bits per heavy atom. The number of hydrogen-bond acceptors (Lipinski definition) is 7. The summed E-state index contributed by atoms with van der Waals surface area (Å²) in [6.07, 6.45) is -2.27. The second-order valence-corrected chi connectivity index (χ2v) is 10.6. The number of pyridine rings is 1. The Bertz CT molecular complexity index is 1540. The smallest absolute Gasteiger partial charge is 0.416 e. The monoisotopic (exact) mass is 549 g/mol. The van der Waals surface area contributed by atoms with Crippen LogP contribution in [0, 0.1) is 5.21 Å². The lowest BCUT2D eigenvalue weighted by Crippen LogP contribution is -2.28. The maximum atomic E-state index is 13.4. The topological polar surface area (TPSA) is 104 Å². The number of aromatic nitrogens is 2. The summed E-state index contributed by atoms with van der Waals surface area (Å²) >= 11 is 1.13. The molecule has 8 nitrogen and oxygen atoms in total. The highest BCUT2D eigenvalue weighted by molar-refractivity contribution is 7.93. The van der Waals surface area contributed by atoms with Crippen LogP contribution in [0.3, 0.4) is 0 Å². The zero-order valence-corrected chi connectivity index (χ0v) is 20.4. The number of thiazole rings is 1. The van der Waals surface area contributed by atoms with E-state index in [0.717, 1.165) is 23.5 Å². The molecule has 0 saturated carbocycles. The molecule has 1 aliphatic heterocycles. The quantitative estimate of drug-likeness (QED) is 0.263. The lowest BCUT2D eigenvalue weighted by atomic mass is 10.0. The molecule has 2 aromatic carbocycles. The molecule has 5 rings (SSSR count). The Labute approximate surface area is 213 Å². The summed E-state index contributed by atoms with van der Waals surface area (Å²) in [7, 11) is -3.93. The summed E-state index contributed by atoms with van der Waals surface area (Å²) < 4.78 is 80.4. The van der Waals surface area contributed by atoms with Crippen LogP contribution < -0.4 is 18.9 Å². The second kappa shape index (κ2) is 9.56. The third-order valence-electron chi connectivity index (χ3n) is 5.61. The number of rotatable bonds is 6. The van der Waals surface area contributed by atoms with Gasteiger partial charge >= 0.3 is 6.18 Å². The highest BCUT2D eigenvalue weighted by atomic mass is 32.2. The van der Waals surface area contributed by atoms with Crippen molar-refractivity contribution in [1.82, 2.24) is 4.98 Å². The van der Waals surface area contributed by atoms with Crippen molar-refractivity contribution in [2.24, 2.45) is 0 Å². The van der Waals surface area contributed by atoms with Crippen LogP contribution in [0.1, 0.15) is 23.7 Å². The maximum absolute atomic E-state index is 13.4. The van der Waals surface area contributed by atoms with Gasteiger partial charge in [-0.1, -0.05) is 6.07 Å². The number of sulfonamides is 1. The minimum Gasteiger partial charge on any atom is -0.618 e. The van der Waals surface area contributed by atoms with E-state index in [4.69, 9.17) is 9.47 Å². The Morgan fingerprint density at radius 1 is 1.16 bits per heavy atom. The molecule has 0 spiro atoms. The molecule has 3 heterocycles. The summed E-state index contributed by atoms with van der Waals surface area (Å²) in [5, 5.41) is 14.2. The zero-order valence-electron chi connectivity index (χ0n) is 18.8. The molecule has 2 aromatic heterocycles. The molecule has 1 N–H and O–H groups in total. The van der Waals surface area contributed by atoms with Gasteiger partial charge in [-0.2, -0.15) is 17.9 Å². The SMILES string of the molecule is O=S(=O)(Nc1nccs1)c1ccc2c(c1)OCCC2Oc1ccc(C(F)(F)F)cc1-c1cccc[n+]1[O-]. The molecule has 192 valence electrons. The number of halogens is 3. The van der Waals surface area contributed by atoms with Crippen molar-refractivity contribution in [2.75, 3.05) is 11.3 Å². The molecule has 0 saturated heterocycles. The number of hydrogen-bond donors (Lipinski definition) is 1. The van der Waals surface area contributed by atoms with Gasteiger partial charge in [0.1, 0.15) is 17.6 Å². The molecular formula is C24H18F3N3O5S2. The third kappa shape index (κ3) is 5.18. The molecular weight excluding hydrogens is 531 g/mol. The van der Waals surface area contributed by atoms with E-state index in [-0.39, 0.29) is 39.4 Å². The predicted molar refractivity (Wildman–Crippen MR) is 129 cm³/mol. The molecule has 0 bridgehead atoms. The fourth-order valence-corrected chi connectivity index (χ4v) is 5.68. The number of alkyl halides is 3. The summed E-state index contributed by atoms with van der Waals surface area (Å²) in [5.41, 5.74) is -0.432. The van der Waals surface area contributed by atoms with Gasteiger partial charge in [-0.05, 0) is 30.3 Å². The van der Waals surface area contributed by atoms with Crippen LogP contribution in [0.4, 0.5) is 18.3 Å². The van der Waals surface area contributed by atoms with Crippen LogP contribution in [0.25, 0.3) is 11.3 Å². The largest absolute Gasteiger partial charge is 0.618 e. The number of anilines is 1. The Hall–Kier alpha value is -3.84. The van der Waals surface area contributed by atoms with Crippen molar-refractivity contribution >= 4 is 26.5 Å². The molecule has 1 aliphatic rings. The highest BCUT2D eigenvalue weighted by Gasteiger charge is 2.33. The number of ether oxygens (including phenoxy) is 2. The molecule has 37 heavy (non-hydrogen) atoms. The van der Waals surface area contributed by atoms with Gasteiger partial charge in [0.05, 0.1) is 22.6 Å². The molecule has 0 radical (unpaired) electrons. The Balaban J connectivity index is 1.49. The number of nitrogens with one attached hydrogen (secondary N) is 1. The van der Waals surface area contributed by atoms with E-state index in [2.05, 4.69) is 9.71 Å². The molecule has 0 fully saturated rings. The van der Waals surface area contributed by atoms with Gasteiger partial charge in [0, 0.05) is 41.8 Å². The fourth-order valence-electron chi connectivity index (χ4n) is 3.87.